The fourth-order valence-corrected chi connectivity index (χ4v) is 3.82. The first-order chi connectivity index (χ1) is 11.4. The standard InChI is InChI=1S/C18H19NO4S/c20-18(21)16-9-8-15(14-4-2-1-3-5-14)12-17(16)19-24(22,23)11-10-13-6-7-13/h1-5,8-9,12-13,19H,6-7,10-11H2,(H,20,21). The summed E-state index contributed by atoms with van der Waals surface area (Å²) in [4.78, 5) is 11.4. The maximum absolute atomic E-state index is 12.3. The van der Waals surface area contributed by atoms with Gasteiger partial charge >= 0.3 is 5.97 Å². The van der Waals surface area contributed by atoms with Gasteiger partial charge in [-0.1, -0.05) is 49.2 Å². The van der Waals surface area contributed by atoms with Gasteiger partial charge in [-0.3, -0.25) is 4.72 Å². The molecular formula is C18H19NO4S. The molecule has 1 fully saturated rings. The summed E-state index contributed by atoms with van der Waals surface area (Å²) in [7, 11) is -3.56. The smallest absolute Gasteiger partial charge is 0.337 e. The summed E-state index contributed by atoms with van der Waals surface area (Å²) < 4.78 is 27.0. The average Bonchev–Trinajstić information content (AvgIpc) is 3.37. The monoisotopic (exact) mass is 345 g/mol. The zero-order chi connectivity index (χ0) is 17.2. The van der Waals surface area contributed by atoms with Crippen molar-refractivity contribution < 1.29 is 18.3 Å². The number of nitrogens with one attached hydrogen (secondary N) is 1. The van der Waals surface area contributed by atoms with Crippen molar-refractivity contribution in [3.05, 3.63) is 54.1 Å². The van der Waals surface area contributed by atoms with Crippen LogP contribution in [0.3, 0.4) is 0 Å². The number of hydrogen-bond donors (Lipinski definition) is 2. The van der Waals surface area contributed by atoms with Gasteiger partial charge in [0, 0.05) is 0 Å². The molecule has 0 aromatic heterocycles. The molecule has 1 aliphatic rings. The summed E-state index contributed by atoms with van der Waals surface area (Å²) in [5, 5.41) is 9.32. The predicted octanol–water partition coefficient (Wildman–Crippen LogP) is 3.59. The number of carboxylic acid groups (broad SMARTS) is 1. The van der Waals surface area contributed by atoms with Crippen LogP contribution in [0.4, 0.5) is 5.69 Å². The van der Waals surface area contributed by atoms with E-state index in [0.29, 0.717) is 12.3 Å². The van der Waals surface area contributed by atoms with Crippen molar-refractivity contribution in [2.75, 3.05) is 10.5 Å². The molecule has 0 radical (unpaired) electrons. The second-order valence-electron chi connectivity index (χ2n) is 6.08. The number of benzene rings is 2. The van der Waals surface area contributed by atoms with Crippen molar-refractivity contribution in [3.8, 4) is 11.1 Å². The van der Waals surface area contributed by atoms with Crippen LogP contribution in [0.2, 0.25) is 0 Å². The van der Waals surface area contributed by atoms with Crippen LogP contribution in [0.1, 0.15) is 29.6 Å². The molecule has 0 saturated heterocycles. The molecule has 0 atom stereocenters. The molecule has 5 nitrogen and oxygen atoms in total. The molecule has 2 aromatic rings. The van der Waals surface area contributed by atoms with Crippen LogP contribution < -0.4 is 4.72 Å². The number of sulfonamides is 1. The number of carbonyl (C=O) groups is 1. The predicted molar refractivity (Wildman–Crippen MR) is 93.6 cm³/mol. The molecule has 1 saturated carbocycles. The Balaban J connectivity index is 1.90. The number of anilines is 1. The molecule has 2 aromatic carbocycles. The Kier molecular flexibility index (Phi) is 4.57. The van der Waals surface area contributed by atoms with E-state index in [1.165, 1.54) is 6.07 Å². The maximum Gasteiger partial charge on any atom is 0.337 e. The Labute approximate surface area is 141 Å². The first-order valence-electron chi connectivity index (χ1n) is 7.88. The fraction of sp³-hybridized carbons (Fsp3) is 0.278. The lowest BCUT2D eigenvalue weighted by atomic mass is 10.0. The first kappa shape index (κ1) is 16.5. The quantitative estimate of drug-likeness (QED) is 0.803. The van der Waals surface area contributed by atoms with Gasteiger partial charge in [-0.25, -0.2) is 13.2 Å². The van der Waals surface area contributed by atoms with Crippen molar-refractivity contribution in [3.63, 3.8) is 0 Å². The van der Waals surface area contributed by atoms with Crippen LogP contribution in [-0.4, -0.2) is 25.2 Å². The number of carboxylic acids is 1. The maximum atomic E-state index is 12.3. The van der Waals surface area contributed by atoms with Crippen LogP contribution in [0.5, 0.6) is 0 Å². The second-order valence-corrected chi connectivity index (χ2v) is 7.93. The third kappa shape index (κ3) is 4.14. The van der Waals surface area contributed by atoms with E-state index >= 15 is 0 Å². The lowest BCUT2D eigenvalue weighted by Gasteiger charge is -2.12. The summed E-state index contributed by atoms with van der Waals surface area (Å²) in [6.45, 7) is 0. The Bertz CT molecular complexity index is 843. The largest absolute Gasteiger partial charge is 0.478 e. The molecule has 6 heteroatoms. The summed E-state index contributed by atoms with van der Waals surface area (Å²) in [6, 6.07) is 14.1. The zero-order valence-electron chi connectivity index (χ0n) is 13.1. The van der Waals surface area contributed by atoms with Gasteiger partial charge in [0.15, 0.2) is 0 Å². The van der Waals surface area contributed by atoms with E-state index in [1.807, 2.05) is 30.3 Å². The molecular weight excluding hydrogens is 326 g/mol. The van der Waals surface area contributed by atoms with E-state index in [-0.39, 0.29) is 17.0 Å². The van der Waals surface area contributed by atoms with E-state index in [9.17, 15) is 18.3 Å². The number of aromatic carboxylic acids is 1. The van der Waals surface area contributed by atoms with Crippen molar-refractivity contribution >= 4 is 21.7 Å². The Hall–Kier alpha value is -2.34. The SMILES string of the molecule is O=C(O)c1ccc(-c2ccccc2)cc1NS(=O)(=O)CCC1CC1. The molecule has 3 rings (SSSR count). The minimum absolute atomic E-state index is 0.0201. The number of hydrogen-bond acceptors (Lipinski definition) is 3. The third-order valence-electron chi connectivity index (χ3n) is 4.11. The van der Waals surface area contributed by atoms with Gasteiger partial charge in [-0.15, -0.1) is 0 Å². The highest BCUT2D eigenvalue weighted by Gasteiger charge is 2.25. The van der Waals surface area contributed by atoms with Gasteiger partial charge in [0.1, 0.15) is 0 Å². The van der Waals surface area contributed by atoms with Gasteiger partial charge in [-0.2, -0.15) is 0 Å². The van der Waals surface area contributed by atoms with Crippen molar-refractivity contribution in [2.24, 2.45) is 5.92 Å². The molecule has 2 N–H and O–H groups in total. The molecule has 0 unspecified atom stereocenters. The Morgan fingerprint density at radius 2 is 1.79 bits per heavy atom. The first-order valence-corrected chi connectivity index (χ1v) is 9.53. The average molecular weight is 345 g/mol. The van der Waals surface area contributed by atoms with E-state index in [4.69, 9.17) is 0 Å². The molecule has 0 amide bonds. The molecule has 0 bridgehead atoms. The molecule has 126 valence electrons. The summed E-state index contributed by atoms with van der Waals surface area (Å²) in [6.07, 6.45) is 2.79. The van der Waals surface area contributed by atoms with E-state index in [1.54, 1.807) is 12.1 Å². The van der Waals surface area contributed by atoms with Crippen LogP contribution in [0, 0.1) is 5.92 Å². The summed E-state index contributed by atoms with van der Waals surface area (Å²) >= 11 is 0. The Morgan fingerprint density at radius 3 is 2.42 bits per heavy atom. The normalized spacial score (nSPS) is 14.3. The van der Waals surface area contributed by atoms with Crippen LogP contribution in [-0.2, 0) is 10.0 Å². The van der Waals surface area contributed by atoms with Crippen molar-refractivity contribution in [2.45, 2.75) is 19.3 Å². The molecule has 1 aliphatic carbocycles. The van der Waals surface area contributed by atoms with Crippen LogP contribution in [0.15, 0.2) is 48.5 Å². The van der Waals surface area contributed by atoms with Crippen LogP contribution >= 0.6 is 0 Å². The molecule has 0 heterocycles. The van der Waals surface area contributed by atoms with Crippen molar-refractivity contribution in [1.29, 1.82) is 0 Å². The summed E-state index contributed by atoms with van der Waals surface area (Å²) in [5.41, 5.74) is 1.72. The van der Waals surface area contributed by atoms with Gasteiger partial charge in [-0.05, 0) is 35.6 Å². The van der Waals surface area contributed by atoms with Gasteiger partial charge in [0.2, 0.25) is 10.0 Å². The highest BCUT2D eigenvalue weighted by Crippen LogP contribution is 2.33. The van der Waals surface area contributed by atoms with Crippen LogP contribution in [0.25, 0.3) is 11.1 Å². The Morgan fingerprint density at radius 1 is 1.08 bits per heavy atom. The van der Waals surface area contributed by atoms with E-state index in [0.717, 1.165) is 24.0 Å². The highest BCUT2D eigenvalue weighted by atomic mass is 32.2. The third-order valence-corrected chi connectivity index (χ3v) is 5.42. The lowest BCUT2D eigenvalue weighted by molar-refractivity contribution is 0.0698. The minimum Gasteiger partial charge on any atom is -0.478 e. The number of rotatable bonds is 7. The van der Waals surface area contributed by atoms with Gasteiger partial charge in [0.25, 0.3) is 0 Å². The highest BCUT2D eigenvalue weighted by molar-refractivity contribution is 7.92. The molecule has 24 heavy (non-hydrogen) atoms. The molecule has 0 aliphatic heterocycles. The van der Waals surface area contributed by atoms with Gasteiger partial charge in [0.05, 0.1) is 17.0 Å². The van der Waals surface area contributed by atoms with E-state index < -0.39 is 16.0 Å². The second kappa shape index (κ2) is 6.65. The molecule has 0 spiro atoms. The summed E-state index contributed by atoms with van der Waals surface area (Å²) in [5.74, 6) is -0.641. The minimum atomic E-state index is -3.56. The zero-order valence-corrected chi connectivity index (χ0v) is 13.9. The van der Waals surface area contributed by atoms with Gasteiger partial charge < -0.3 is 5.11 Å². The topological polar surface area (TPSA) is 83.5 Å². The fourth-order valence-electron chi connectivity index (χ4n) is 2.57. The van der Waals surface area contributed by atoms with Crippen molar-refractivity contribution in [1.82, 2.24) is 0 Å². The lowest BCUT2D eigenvalue weighted by Crippen LogP contribution is -2.19. The van der Waals surface area contributed by atoms with E-state index in [2.05, 4.69) is 4.72 Å².